The van der Waals surface area contributed by atoms with Crippen molar-refractivity contribution >= 4 is 12.2 Å². The van der Waals surface area contributed by atoms with Gasteiger partial charge in [-0.2, -0.15) is 5.10 Å². The van der Waals surface area contributed by atoms with Gasteiger partial charge in [0.25, 0.3) is 5.56 Å². The molecule has 7 heteroatoms. The highest BCUT2D eigenvalue weighted by Gasteiger charge is 2.00. The number of benzene rings is 1. The van der Waals surface area contributed by atoms with E-state index in [2.05, 4.69) is 20.5 Å². The number of nitrogens with one attached hydrogen (secondary N) is 2. The third-order valence-electron chi connectivity index (χ3n) is 2.63. The number of aromatic amines is 1. The van der Waals surface area contributed by atoms with E-state index in [1.165, 1.54) is 6.07 Å². The molecule has 1 aromatic carbocycles. The van der Waals surface area contributed by atoms with Crippen LogP contribution in [0.4, 0.5) is 5.95 Å². The summed E-state index contributed by atoms with van der Waals surface area (Å²) in [6.07, 6.45) is 1.58. The van der Waals surface area contributed by atoms with E-state index in [4.69, 9.17) is 9.47 Å². The second-order valence-electron chi connectivity index (χ2n) is 4.25. The van der Waals surface area contributed by atoms with Gasteiger partial charge in [0, 0.05) is 23.4 Å². The van der Waals surface area contributed by atoms with Crippen LogP contribution >= 0.6 is 0 Å². The smallest absolute Gasteiger partial charge is 0.252 e. The number of hydrogen-bond donors (Lipinski definition) is 2. The van der Waals surface area contributed by atoms with Crippen LogP contribution in [-0.2, 0) is 0 Å². The van der Waals surface area contributed by atoms with Crippen LogP contribution in [-0.4, -0.2) is 30.4 Å². The van der Waals surface area contributed by atoms with Crippen molar-refractivity contribution < 1.29 is 9.47 Å². The van der Waals surface area contributed by atoms with Crippen LogP contribution in [0.5, 0.6) is 11.5 Å². The Morgan fingerprint density at radius 3 is 2.43 bits per heavy atom. The summed E-state index contributed by atoms with van der Waals surface area (Å²) < 4.78 is 10.3. The van der Waals surface area contributed by atoms with Crippen LogP contribution in [0.1, 0.15) is 11.3 Å². The number of nitrogens with zero attached hydrogens (tertiary/aromatic N) is 2. The molecule has 2 N–H and O–H groups in total. The molecule has 7 nitrogen and oxygen atoms in total. The monoisotopic (exact) mass is 288 g/mol. The summed E-state index contributed by atoms with van der Waals surface area (Å²) in [5.41, 5.74) is 3.83. The first-order valence-corrected chi connectivity index (χ1v) is 6.21. The molecule has 0 atom stereocenters. The molecular formula is C14H16N4O3. The van der Waals surface area contributed by atoms with E-state index in [-0.39, 0.29) is 11.5 Å². The lowest BCUT2D eigenvalue weighted by molar-refractivity contribution is 0.394. The summed E-state index contributed by atoms with van der Waals surface area (Å²) in [5.74, 6) is 1.61. The lowest BCUT2D eigenvalue weighted by Crippen LogP contribution is -2.10. The summed E-state index contributed by atoms with van der Waals surface area (Å²) in [6.45, 7) is 1.73. The molecule has 2 rings (SSSR count). The van der Waals surface area contributed by atoms with Gasteiger partial charge in [-0.1, -0.05) is 0 Å². The Bertz CT molecular complexity index is 687. The molecule has 21 heavy (non-hydrogen) atoms. The van der Waals surface area contributed by atoms with Gasteiger partial charge in [0.05, 0.1) is 20.4 Å². The van der Waals surface area contributed by atoms with Crippen LogP contribution in [0.25, 0.3) is 0 Å². The lowest BCUT2D eigenvalue weighted by atomic mass is 10.2. The predicted molar refractivity (Wildman–Crippen MR) is 80.4 cm³/mol. The van der Waals surface area contributed by atoms with E-state index >= 15 is 0 Å². The number of hydrazone groups is 1. The minimum absolute atomic E-state index is 0.233. The molecule has 0 aliphatic carbocycles. The molecule has 0 spiro atoms. The third-order valence-corrected chi connectivity index (χ3v) is 2.63. The average molecular weight is 288 g/mol. The van der Waals surface area contributed by atoms with E-state index in [9.17, 15) is 4.79 Å². The third kappa shape index (κ3) is 4.07. The normalized spacial score (nSPS) is 10.6. The van der Waals surface area contributed by atoms with Gasteiger partial charge in [-0.3, -0.25) is 9.78 Å². The SMILES string of the molecule is COc1cc(/C=N\Nc2nc(C)cc(=O)[nH]2)cc(OC)c1. The Labute approximate surface area is 121 Å². The molecule has 2 aromatic rings. The Morgan fingerprint density at radius 1 is 1.19 bits per heavy atom. The van der Waals surface area contributed by atoms with E-state index in [1.54, 1.807) is 45.6 Å². The molecule has 110 valence electrons. The van der Waals surface area contributed by atoms with Gasteiger partial charge in [0.1, 0.15) is 11.5 Å². The van der Waals surface area contributed by atoms with E-state index in [0.29, 0.717) is 17.2 Å². The van der Waals surface area contributed by atoms with Gasteiger partial charge < -0.3 is 9.47 Å². The maximum absolute atomic E-state index is 11.3. The number of rotatable bonds is 5. The van der Waals surface area contributed by atoms with Gasteiger partial charge in [0.15, 0.2) is 0 Å². The second kappa shape index (κ2) is 6.56. The minimum atomic E-state index is -0.233. The molecule has 0 aliphatic rings. The van der Waals surface area contributed by atoms with Crippen molar-refractivity contribution in [3.63, 3.8) is 0 Å². The average Bonchev–Trinajstić information content (AvgIpc) is 2.45. The topological polar surface area (TPSA) is 88.6 Å². The van der Waals surface area contributed by atoms with Crippen molar-refractivity contribution in [2.24, 2.45) is 5.10 Å². The van der Waals surface area contributed by atoms with Crippen LogP contribution < -0.4 is 20.5 Å². The Kier molecular flexibility index (Phi) is 4.55. The summed E-state index contributed by atoms with van der Waals surface area (Å²) in [5, 5.41) is 4.03. The molecule has 0 bridgehead atoms. The van der Waals surface area contributed by atoms with Crippen LogP contribution in [0.2, 0.25) is 0 Å². The first-order chi connectivity index (χ1) is 10.1. The minimum Gasteiger partial charge on any atom is -0.497 e. The first kappa shape index (κ1) is 14.6. The molecule has 1 heterocycles. The molecule has 0 aliphatic heterocycles. The number of hydrogen-bond acceptors (Lipinski definition) is 6. The number of aryl methyl sites for hydroxylation is 1. The number of H-pyrrole nitrogens is 1. The van der Waals surface area contributed by atoms with Gasteiger partial charge in [-0.05, 0) is 19.1 Å². The van der Waals surface area contributed by atoms with Crippen molar-refractivity contribution in [3.05, 3.63) is 45.9 Å². The number of anilines is 1. The molecule has 0 radical (unpaired) electrons. The van der Waals surface area contributed by atoms with Crippen molar-refractivity contribution in [2.45, 2.75) is 6.92 Å². The zero-order valence-electron chi connectivity index (χ0n) is 12.0. The van der Waals surface area contributed by atoms with E-state index < -0.39 is 0 Å². The Hall–Kier alpha value is -2.83. The lowest BCUT2D eigenvalue weighted by Gasteiger charge is -2.05. The molecule has 0 amide bonds. The van der Waals surface area contributed by atoms with E-state index in [0.717, 1.165) is 5.56 Å². The van der Waals surface area contributed by atoms with Crippen LogP contribution in [0.15, 0.2) is 34.2 Å². The number of methoxy groups -OCH3 is 2. The highest BCUT2D eigenvalue weighted by molar-refractivity contribution is 5.81. The number of aromatic nitrogens is 2. The quantitative estimate of drug-likeness (QED) is 0.643. The van der Waals surface area contributed by atoms with Crippen molar-refractivity contribution in [2.75, 3.05) is 19.6 Å². The molecule has 0 fully saturated rings. The zero-order chi connectivity index (χ0) is 15.2. The van der Waals surface area contributed by atoms with Gasteiger partial charge in [-0.25, -0.2) is 10.4 Å². The van der Waals surface area contributed by atoms with Gasteiger partial charge >= 0.3 is 0 Å². The molecular weight excluding hydrogens is 272 g/mol. The standard InChI is InChI=1S/C14H16N4O3/c1-9-4-13(19)17-14(16-9)18-15-8-10-5-11(20-2)7-12(6-10)21-3/h4-8H,1-3H3,(H2,16,17,18,19)/b15-8-. The fourth-order valence-electron chi connectivity index (χ4n) is 1.70. The molecule has 0 saturated carbocycles. The number of ether oxygens (including phenoxy) is 2. The van der Waals surface area contributed by atoms with Crippen LogP contribution in [0.3, 0.4) is 0 Å². The van der Waals surface area contributed by atoms with Gasteiger partial charge in [-0.15, -0.1) is 0 Å². The van der Waals surface area contributed by atoms with Crippen LogP contribution in [0, 0.1) is 6.92 Å². The largest absolute Gasteiger partial charge is 0.497 e. The summed E-state index contributed by atoms with van der Waals surface area (Å²) in [6, 6.07) is 6.78. The van der Waals surface area contributed by atoms with Crippen molar-refractivity contribution in [1.82, 2.24) is 9.97 Å². The van der Waals surface area contributed by atoms with Crippen molar-refractivity contribution in [3.8, 4) is 11.5 Å². The van der Waals surface area contributed by atoms with Gasteiger partial charge in [0.2, 0.25) is 5.95 Å². The van der Waals surface area contributed by atoms with Crippen molar-refractivity contribution in [1.29, 1.82) is 0 Å². The summed E-state index contributed by atoms with van der Waals surface area (Å²) >= 11 is 0. The zero-order valence-corrected chi connectivity index (χ0v) is 12.0. The Morgan fingerprint density at radius 2 is 1.86 bits per heavy atom. The fourth-order valence-corrected chi connectivity index (χ4v) is 1.70. The molecule has 0 saturated heterocycles. The molecule has 1 aromatic heterocycles. The highest BCUT2D eigenvalue weighted by Crippen LogP contribution is 2.21. The fraction of sp³-hybridized carbons (Fsp3) is 0.214. The highest BCUT2D eigenvalue weighted by atomic mass is 16.5. The Balaban J connectivity index is 2.15. The predicted octanol–water partition coefficient (Wildman–Crippen LogP) is 1.54. The first-order valence-electron chi connectivity index (χ1n) is 6.21. The maximum Gasteiger partial charge on any atom is 0.252 e. The summed E-state index contributed by atoms with van der Waals surface area (Å²) in [4.78, 5) is 17.9. The van der Waals surface area contributed by atoms with E-state index in [1.807, 2.05) is 0 Å². The maximum atomic E-state index is 11.3. The molecule has 0 unspecified atom stereocenters. The second-order valence-corrected chi connectivity index (χ2v) is 4.25. The summed E-state index contributed by atoms with van der Waals surface area (Å²) in [7, 11) is 3.16.